The average Bonchev–Trinajstić information content (AvgIpc) is 2.95. The summed E-state index contributed by atoms with van der Waals surface area (Å²) in [5.74, 6) is 1.81. The number of rotatable bonds is 3. The fraction of sp³-hybridized carbons (Fsp3) is 0.308. The predicted octanol–water partition coefficient (Wildman–Crippen LogP) is 2.81. The molecule has 0 amide bonds. The van der Waals surface area contributed by atoms with Gasteiger partial charge >= 0.3 is 0 Å². The summed E-state index contributed by atoms with van der Waals surface area (Å²) in [6.45, 7) is 4.25. The Kier molecular flexibility index (Phi) is 2.59. The van der Waals surface area contributed by atoms with Crippen molar-refractivity contribution in [2.45, 2.75) is 20.3 Å². The molecule has 3 aromatic rings. The van der Waals surface area contributed by atoms with Crippen molar-refractivity contribution in [2.24, 2.45) is 5.92 Å². The van der Waals surface area contributed by atoms with E-state index in [9.17, 15) is 0 Å². The topological polar surface area (TPSA) is 67.6 Å². The average molecular weight is 242 g/mol. The highest BCUT2D eigenvalue weighted by molar-refractivity contribution is 5.90. The lowest BCUT2D eigenvalue weighted by atomic mass is 10.1. The van der Waals surface area contributed by atoms with Gasteiger partial charge in [-0.25, -0.2) is 4.98 Å². The lowest BCUT2D eigenvalue weighted by Gasteiger charge is -1.97. The SMILES string of the molecule is CC(C)Cc1nc(-c2ccnc3[nH]ccc23)no1. The quantitative estimate of drug-likeness (QED) is 0.766. The molecule has 5 nitrogen and oxygen atoms in total. The molecule has 3 aromatic heterocycles. The summed E-state index contributed by atoms with van der Waals surface area (Å²) >= 11 is 0. The molecule has 0 atom stereocenters. The van der Waals surface area contributed by atoms with Crippen LogP contribution in [-0.2, 0) is 6.42 Å². The van der Waals surface area contributed by atoms with Gasteiger partial charge in [-0.15, -0.1) is 0 Å². The Hall–Kier alpha value is -2.17. The standard InChI is InChI=1S/C13H14N4O/c1-8(2)7-11-16-13(17-18-11)10-4-6-15-12-9(10)3-5-14-12/h3-6,8H,7H2,1-2H3,(H,14,15). The van der Waals surface area contributed by atoms with Gasteiger partial charge in [-0.1, -0.05) is 19.0 Å². The van der Waals surface area contributed by atoms with Gasteiger partial charge in [-0.2, -0.15) is 4.98 Å². The van der Waals surface area contributed by atoms with Crippen LogP contribution in [0.25, 0.3) is 22.4 Å². The number of nitrogens with one attached hydrogen (secondary N) is 1. The van der Waals surface area contributed by atoms with Crippen LogP contribution in [0.4, 0.5) is 0 Å². The first-order valence-corrected chi connectivity index (χ1v) is 5.99. The van der Waals surface area contributed by atoms with Gasteiger partial charge in [0.1, 0.15) is 5.65 Å². The van der Waals surface area contributed by atoms with Gasteiger partial charge in [0, 0.05) is 29.8 Å². The van der Waals surface area contributed by atoms with Crippen molar-refractivity contribution >= 4 is 11.0 Å². The maximum atomic E-state index is 5.26. The van der Waals surface area contributed by atoms with Crippen molar-refractivity contribution in [2.75, 3.05) is 0 Å². The summed E-state index contributed by atoms with van der Waals surface area (Å²) in [4.78, 5) is 11.7. The second kappa shape index (κ2) is 4.25. The molecule has 0 aliphatic heterocycles. The van der Waals surface area contributed by atoms with Gasteiger partial charge in [-0.3, -0.25) is 0 Å². The second-order valence-electron chi connectivity index (χ2n) is 4.71. The third-order valence-corrected chi connectivity index (χ3v) is 2.75. The Balaban J connectivity index is 2.04. The zero-order chi connectivity index (χ0) is 12.5. The molecular formula is C13H14N4O. The highest BCUT2D eigenvalue weighted by Gasteiger charge is 2.13. The molecule has 0 fully saturated rings. The first-order valence-electron chi connectivity index (χ1n) is 5.99. The molecule has 0 aliphatic rings. The van der Waals surface area contributed by atoms with Crippen LogP contribution >= 0.6 is 0 Å². The molecule has 0 unspecified atom stereocenters. The van der Waals surface area contributed by atoms with E-state index < -0.39 is 0 Å². The summed E-state index contributed by atoms with van der Waals surface area (Å²) in [5, 5.41) is 5.05. The smallest absolute Gasteiger partial charge is 0.227 e. The Morgan fingerprint density at radius 1 is 1.33 bits per heavy atom. The minimum atomic E-state index is 0.503. The van der Waals surface area contributed by atoms with E-state index in [0.29, 0.717) is 17.6 Å². The Morgan fingerprint density at radius 2 is 2.22 bits per heavy atom. The van der Waals surface area contributed by atoms with E-state index >= 15 is 0 Å². The minimum Gasteiger partial charge on any atom is -0.346 e. The van der Waals surface area contributed by atoms with Crippen molar-refractivity contribution in [3.63, 3.8) is 0 Å². The molecule has 0 spiro atoms. The molecule has 3 rings (SSSR count). The molecule has 1 N–H and O–H groups in total. The monoisotopic (exact) mass is 242 g/mol. The Labute approximate surface area is 104 Å². The normalized spacial score (nSPS) is 11.5. The largest absolute Gasteiger partial charge is 0.346 e. The van der Waals surface area contributed by atoms with E-state index in [-0.39, 0.29) is 0 Å². The first kappa shape index (κ1) is 11.0. The number of H-pyrrole nitrogens is 1. The van der Waals surface area contributed by atoms with Gasteiger partial charge in [-0.05, 0) is 18.1 Å². The fourth-order valence-electron chi connectivity index (χ4n) is 1.95. The molecule has 0 saturated carbocycles. The van der Waals surface area contributed by atoms with E-state index in [1.165, 1.54) is 0 Å². The summed E-state index contributed by atoms with van der Waals surface area (Å²) in [7, 11) is 0. The number of fused-ring (bicyclic) bond motifs is 1. The molecule has 92 valence electrons. The molecule has 0 bridgehead atoms. The fourth-order valence-corrected chi connectivity index (χ4v) is 1.95. The molecular weight excluding hydrogens is 228 g/mol. The van der Waals surface area contributed by atoms with Gasteiger partial charge in [0.2, 0.25) is 11.7 Å². The molecule has 0 saturated heterocycles. The molecule has 3 heterocycles. The first-order chi connectivity index (χ1) is 8.74. The summed E-state index contributed by atoms with van der Waals surface area (Å²) in [6.07, 6.45) is 4.40. The van der Waals surface area contributed by atoms with Gasteiger partial charge in [0.25, 0.3) is 0 Å². The van der Waals surface area contributed by atoms with E-state index in [0.717, 1.165) is 23.0 Å². The zero-order valence-corrected chi connectivity index (χ0v) is 10.3. The van der Waals surface area contributed by atoms with E-state index in [1.807, 2.05) is 18.3 Å². The number of hydrogen-bond acceptors (Lipinski definition) is 4. The number of pyridine rings is 1. The number of hydrogen-bond donors (Lipinski definition) is 1. The van der Waals surface area contributed by atoms with Crippen LogP contribution in [-0.4, -0.2) is 20.1 Å². The predicted molar refractivity (Wildman–Crippen MR) is 67.9 cm³/mol. The number of aromatic amines is 1. The van der Waals surface area contributed by atoms with Gasteiger partial charge in [0.15, 0.2) is 0 Å². The van der Waals surface area contributed by atoms with Crippen LogP contribution < -0.4 is 0 Å². The van der Waals surface area contributed by atoms with E-state index in [4.69, 9.17) is 4.52 Å². The van der Waals surface area contributed by atoms with Gasteiger partial charge < -0.3 is 9.51 Å². The van der Waals surface area contributed by atoms with Crippen LogP contribution in [0.1, 0.15) is 19.7 Å². The van der Waals surface area contributed by atoms with Crippen molar-refractivity contribution in [3.05, 3.63) is 30.4 Å². The maximum absolute atomic E-state index is 5.26. The van der Waals surface area contributed by atoms with Crippen molar-refractivity contribution in [1.29, 1.82) is 0 Å². The van der Waals surface area contributed by atoms with E-state index in [1.54, 1.807) is 6.20 Å². The summed E-state index contributed by atoms with van der Waals surface area (Å²) in [5.41, 5.74) is 1.78. The van der Waals surface area contributed by atoms with Crippen molar-refractivity contribution < 1.29 is 4.52 Å². The van der Waals surface area contributed by atoms with E-state index in [2.05, 4.69) is 34.0 Å². The van der Waals surface area contributed by atoms with Gasteiger partial charge in [0.05, 0.1) is 0 Å². The maximum Gasteiger partial charge on any atom is 0.227 e. The minimum absolute atomic E-state index is 0.503. The number of nitrogens with zero attached hydrogens (tertiary/aromatic N) is 3. The van der Waals surface area contributed by atoms with Crippen LogP contribution in [0.5, 0.6) is 0 Å². The number of aromatic nitrogens is 4. The molecule has 5 heteroatoms. The summed E-state index contributed by atoms with van der Waals surface area (Å²) in [6, 6.07) is 3.87. The third-order valence-electron chi connectivity index (χ3n) is 2.75. The van der Waals surface area contributed by atoms with Crippen LogP contribution in [0.15, 0.2) is 29.0 Å². The Bertz CT molecular complexity index is 668. The summed E-state index contributed by atoms with van der Waals surface area (Å²) < 4.78 is 5.26. The third kappa shape index (κ3) is 1.88. The lowest BCUT2D eigenvalue weighted by Crippen LogP contribution is -1.93. The second-order valence-corrected chi connectivity index (χ2v) is 4.71. The molecule has 0 radical (unpaired) electrons. The lowest BCUT2D eigenvalue weighted by molar-refractivity contribution is 0.363. The van der Waals surface area contributed by atoms with Crippen LogP contribution in [0, 0.1) is 5.92 Å². The highest BCUT2D eigenvalue weighted by atomic mass is 16.5. The highest BCUT2D eigenvalue weighted by Crippen LogP contribution is 2.24. The zero-order valence-electron chi connectivity index (χ0n) is 10.3. The molecule has 18 heavy (non-hydrogen) atoms. The van der Waals surface area contributed by atoms with Crippen LogP contribution in [0.3, 0.4) is 0 Å². The molecule has 0 aromatic carbocycles. The van der Waals surface area contributed by atoms with Crippen molar-refractivity contribution in [3.8, 4) is 11.4 Å². The molecule has 0 aliphatic carbocycles. The Morgan fingerprint density at radius 3 is 3.06 bits per heavy atom. The van der Waals surface area contributed by atoms with Crippen molar-refractivity contribution in [1.82, 2.24) is 20.1 Å². The van der Waals surface area contributed by atoms with Crippen LogP contribution in [0.2, 0.25) is 0 Å².